The number of hydrogen-bond acceptors (Lipinski definition) is 5. The maximum absolute atomic E-state index is 11.9. The molecule has 0 unspecified atom stereocenters. The number of amides is 1. The Hall–Kier alpha value is -1.95. The van der Waals surface area contributed by atoms with Crippen LogP contribution in [0, 0.1) is 6.92 Å². The molecule has 2 rings (SSSR count). The summed E-state index contributed by atoms with van der Waals surface area (Å²) in [6.07, 6.45) is 4.14. The summed E-state index contributed by atoms with van der Waals surface area (Å²) in [5.74, 6) is 0.199. The molecule has 1 amide bonds. The van der Waals surface area contributed by atoms with Crippen molar-refractivity contribution in [2.75, 3.05) is 5.43 Å². The molecule has 0 saturated heterocycles. The van der Waals surface area contributed by atoms with Gasteiger partial charge in [-0.2, -0.15) is 0 Å². The van der Waals surface area contributed by atoms with Gasteiger partial charge in [-0.25, -0.2) is 9.97 Å². The Bertz CT molecular complexity index is 538. The van der Waals surface area contributed by atoms with Crippen molar-refractivity contribution in [2.45, 2.75) is 20.3 Å². The second kappa shape index (κ2) is 5.59. The van der Waals surface area contributed by atoms with Gasteiger partial charge in [0, 0.05) is 17.3 Å². The standard InChI is InChI=1S/C12H14N4OS/c1-3-9-7-10(18-8(9)2)11(17)15-16-12-13-5-4-6-14-12/h4-7H,3H2,1-2H3,(H,15,17)(H,13,14,16). The highest BCUT2D eigenvalue weighted by molar-refractivity contribution is 7.14. The zero-order chi connectivity index (χ0) is 13.0. The van der Waals surface area contributed by atoms with E-state index in [1.165, 1.54) is 21.8 Å². The molecule has 2 heterocycles. The van der Waals surface area contributed by atoms with Gasteiger partial charge in [-0.05, 0) is 31.0 Å². The van der Waals surface area contributed by atoms with Gasteiger partial charge >= 0.3 is 0 Å². The number of carbonyl (C=O) groups excluding carboxylic acids is 1. The molecule has 18 heavy (non-hydrogen) atoms. The third kappa shape index (κ3) is 2.84. The van der Waals surface area contributed by atoms with Crippen molar-refractivity contribution in [1.82, 2.24) is 15.4 Å². The SMILES string of the molecule is CCc1cc(C(=O)NNc2ncccn2)sc1C. The average Bonchev–Trinajstić information content (AvgIpc) is 2.78. The lowest BCUT2D eigenvalue weighted by Crippen LogP contribution is -2.29. The number of carbonyl (C=O) groups is 1. The van der Waals surface area contributed by atoms with Crippen LogP contribution in [0.15, 0.2) is 24.5 Å². The molecule has 2 aromatic rings. The van der Waals surface area contributed by atoms with E-state index in [-0.39, 0.29) is 5.91 Å². The van der Waals surface area contributed by atoms with E-state index in [4.69, 9.17) is 0 Å². The summed E-state index contributed by atoms with van der Waals surface area (Å²) in [7, 11) is 0. The summed E-state index contributed by atoms with van der Waals surface area (Å²) in [6.45, 7) is 4.10. The van der Waals surface area contributed by atoms with Crippen LogP contribution in [0.4, 0.5) is 5.95 Å². The maximum atomic E-state index is 11.9. The molecule has 0 spiro atoms. The Balaban J connectivity index is 1.99. The van der Waals surface area contributed by atoms with Crippen LogP contribution in [0.2, 0.25) is 0 Å². The van der Waals surface area contributed by atoms with Crippen molar-refractivity contribution in [1.29, 1.82) is 0 Å². The molecule has 0 radical (unpaired) electrons. The fraction of sp³-hybridized carbons (Fsp3) is 0.250. The third-order valence-electron chi connectivity index (χ3n) is 2.48. The number of nitrogens with zero attached hydrogens (tertiary/aromatic N) is 2. The van der Waals surface area contributed by atoms with Gasteiger partial charge in [-0.15, -0.1) is 11.3 Å². The minimum Gasteiger partial charge on any atom is -0.266 e. The van der Waals surface area contributed by atoms with E-state index in [9.17, 15) is 4.79 Å². The van der Waals surface area contributed by atoms with Crippen molar-refractivity contribution >= 4 is 23.2 Å². The molecule has 2 N–H and O–H groups in total. The summed E-state index contributed by atoms with van der Waals surface area (Å²) >= 11 is 1.49. The van der Waals surface area contributed by atoms with Crippen LogP contribution in [-0.2, 0) is 6.42 Å². The molecule has 0 bridgehead atoms. The first kappa shape index (κ1) is 12.5. The Morgan fingerprint density at radius 3 is 2.72 bits per heavy atom. The van der Waals surface area contributed by atoms with Crippen molar-refractivity contribution in [3.05, 3.63) is 39.8 Å². The molecular formula is C12H14N4OS. The van der Waals surface area contributed by atoms with Crippen molar-refractivity contribution in [3.63, 3.8) is 0 Å². The van der Waals surface area contributed by atoms with Gasteiger partial charge in [0.05, 0.1) is 4.88 Å². The Kier molecular flexibility index (Phi) is 3.88. The van der Waals surface area contributed by atoms with Crippen LogP contribution >= 0.6 is 11.3 Å². The molecule has 0 fully saturated rings. The molecule has 2 aromatic heterocycles. The van der Waals surface area contributed by atoms with Crippen molar-refractivity contribution in [2.24, 2.45) is 0 Å². The molecule has 0 atom stereocenters. The van der Waals surface area contributed by atoms with Crippen LogP contribution < -0.4 is 10.9 Å². The van der Waals surface area contributed by atoms with Gasteiger partial charge < -0.3 is 0 Å². The largest absolute Gasteiger partial charge is 0.279 e. The summed E-state index contributed by atoms with van der Waals surface area (Å²) in [6, 6.07) is 3.63. The predicted molar refractivity (Wildman–Crippen MR) is 71.6 cm³/mol. The van der Waals surface area contributed by atoms with Gasteiger partial charge in [-0.1, -0.05) is 6.92 Å². The van der Waals surface area contributed by atoms with E-state index in [1.807, 2.05) is 13.0 Å². The van der Waals surface area contributed by atoms with Crippen LogP contribution in [-0.4, -0.2) is 15.9 Å². The molecule has 0 aliphatic carbocycles. The molecule has 5 nitrogen and oxygen atoms in total. The number of aromatic nitrogens is 2. The minimum absolute atomic E-state index is 0.171. The van der Waals surface area contributed by atoms with Crippen LogP contribution in [0.25, 0.3) is 0 Å². The van der Waals surface area contributed by atoms with E-state index in [1.54, 1.807) is 18.5 Å². The molecule has 0 aliphatic rings. The number of nitrogens with one attached hydrogen (secondary N) is 2. The molecule has 0 aliphatic heterocycles. The Morgan fingerprint density at radius 1 is 1.39 bits per heavy atom. The highest BCUT2D eigenvalue weighted by Crippen LogP contribution is 2.21. The number of anilines is 1. The first-order valence-electron chi connectivity index (χ1n) is 5.63. The van der Waals surface area contributed by atoms with E-state index >= 15 is 0 Å². The maximum Gasteiger partial charge on any atom is 0.279 e. The normalized spacial score (nSPS) is 10.1. The number of hydrazine groups is 1. The number of thiophene rings is 1. The topological polar surface area (TPSA) is 66.9 Å². The zero-order valence-corrected chi connectivity index (χ0v) is 11.0. The lowest BCUT2D eigenvalue weighted by molar-refractivity contribution is 0.0966. The third-order valence-corrected chi connectivity index (χ3v) is 3.57. The van der Waals surface area contributed by atoms with E-state index in [2.05, 4.69) is 27.7 Å². The quantitative estimate of drug-likeness (QED) is 0.829. The second-order valence-corrected chi connectivity index (χ2v) is 4.95. The fourth-order valence-electron chi connectivity index (χ4n) is 1.52. The molecule has 0 saturated carbocycles. The van der Waals surface area contributed by atoms with Gasteiger partial charge in [-0.3, -0.25) is 15.6 Å². The summed E-state index contributed by atoms with van der Waals surface area (Å²) in [4.78, 5) is 21.6. The van der Waals surface area contributed by atoms with E-state index in [0.717, 1.165) is 6.42 Å². The molecule has 0 aromatic carbocycles. The smallest absolute Gasteiger partial charge is 0.266 e. The van der Waals surface area contributed by atoms with Crippen molar-refractivity contribution < 1.29 is 4.79 Å². The lowest BCUT2D eigenvalue weighted by atomic mass is 10.2. The van der Waals surface area contributed by atoms with Crippen molar-refractivity contribution in [3.8, 4) is 0 Å². The fourth-order valence-corrected chi connectivity index (χ4v) is 2.53. The van der Waals surface area contributed by atoms with Gasteiger partial charge in [0.1, 0.15) is 0 Å². The summed E-state index contributed by atoms with van der Waals surface area (Å²) in [5.41, 5.74) is 6.46. The van der Waals surface area contributed by atoms with Crippen LogP contribution in [0.3, 0.4) is 0 Å². The summed E-state index contributed by atoms with van der Waals surface area (Å²) in [5, 5.41) is 0. The van der Waals surface area contributed by atoms with Gasteiger partial charge in [0.15, 0.2) is 0 Å². The van der Waals surface area contributed by atoms with Crippen LogP contribution in [0.1, 0.15) is 27.0 Å². The monoisotopic (exact) mass is 262 g/mol. The minimum atomic E-state index is -0.171. The highest BCUT2D eigenvalue weighted by atomic mass is 32.1. The number of aryl methyl sites for hydroxylation is 2. The zero-order valence-electron chi connectivity index (χ0n) is 10.2. The Morgan fingerprint density at radius 2 is 2.11 bits per heavy atom. The predicted octanol–water partition coefficient (Wildman–Crippen LogP) is 2.17. The second-order valence-electron chi connectivity index (χ2n) is 3.70. The lowest BCUT2D eigenvalue weighted by Gasteiger charge is -2.04. The van der Waals surface area contributed by atoms with Gasteiger partial charge in [0.2, 0.25) is 5.95 Å². The van der Waals surface area contributed by atoms with E-state index in [0.29, 0.717) is 10.8 Å². The number of rotatable bonds is 4. The average molecular weight is 262 g/mol. The van der Waals surface area contributed by atoms with Gasteiger partial charge in [0.25, 0.3) is 5.91 Å². The molecule has 94 valence electrons. The van der Waals surface area contributed by atoms with E-state index < -0.39 is 0 Å². The summed E-state index contributed by atoms with van der Waals surface area (Å²) < 4.78 is 0. The molecule has 6 heteroatoms. The highest BCUT2D eigenvalue weighted by Gasteiger charge is 2.11. The molecular weight excluding hydrogens is 248 g/mol. The first-order chi connectivity index (χ1) is 8.70. The number of hydrogen-bond donors (Lipinski definition) is 2. The Labute approximate surface area is 109 Å². The van der Waals surface area contributed by atoms with Crippen LogP contribution in [0.5, 0.6) is 0 Å². The first-order valence-corrected chi connectivity index (χ1v) is 6.45.